The molecule has 4 aliphatic rings. The summed E-state index contributed by atoms with van der Waals surface area (Å²) in [5, 5.41) is 32.9. The van der Waals surface area contributed by atoms with Crippen molar-refractivity contribution in [3.05, 3.63) is 11.8 Å². The van der Waals surface area contributed by atoms with E-state index in [-0.39, 0.29) is 25.9 Å². The molecule has 0 bridgehead atoms. The van der Waals surface area contributed by atoms with Crippen LogP contribution in [0.5, 0.6) is 0 Å². The predicted molar refractivity (Wildman–Crippen MR) is 81.6 cm³/mol. The molecule has 1 spiro atoms. The van der Waals surface area contributed by atoms with Gasteiger partial charge in [0.05, 0.1) is 5.41 Å². The lowest BCUT2D eigenvalue weighted by molar-refractivity contribution is -0.203. The second-order valence-electron chi connectivity index (χ2n) is 7.29. The molecule has 10 nitrogen and oxygen atoms in total. The summed E-state index contributed by atoms with van der Waals surface area (Å²) >= 11 is 0. The van der Waals surface area contributed by atoms with E-state index in [0.29, 0.717) is 0 Å². The van der Waals surface area contributed by atoms with Crippen LogP contribution < -0.4 is 11.1 Å². The Morgan fingerprint density at radius 2 is 1.96 bits per heavy atom. The van der Waals surface area contributed by atoms with Gasteiger partial charge in [0.2, 0.25) is 11.6 Å². The number of hydrogen-bond donors (Lipinski definition) is 5. The van der Waals surface area contributed by atoms with Gasteiger partial charge in [-0.25, -0.2) is 0 Å². The highest BCUT2D eigenvalue weighted by atomic mass is 16.6. The second-order valence-corrected chi connectivity index (χ2v) is 7.29. The van der Waals surface area contributed by atoms with E-state index >= 15 is 0 Å². The molecule has 0 aromatic heterocycles. The van der Waals surface area contributed by atoms with Crippen molar-refractivity contribution in [2.75, 3.05) is 13.1 Å². The van der Waals surface area contributed by atoms with E-state index in [0.717, 1.165) is 6.08 Å². The summed E-state index contributed by atoms with van der Waals surface area (Å²) in [4.78, 5) is 50.6. The fraction of sp³-hybridized carbons (Fsp3) is 0.625. The number of Topliss-reactive ketones (excluding diaryl/α,β-unsaturated/α-hetero) is 3. The van der Waals surface area contributed by atoms with Crippen LogP contribution in [0, 0.1) is 5.41 Å². The Hall–Kier alpha value is -1.98. The third-order valence-electron chi connectivity index (χ3n) is 6.23. The first-order valence-electron chi connectivity index (χ1n) is 8.26. The number of nitrogens with one attached hydrogen (secondary N) is 1. The fourth-order valence-electron chi connectivity index (χ4n) is 5.07. The number of allylic oxidation sites excluding steroid dienone is 2. The first kappa shape index (κ1) is 17.4. The lowest BCUT2D eigenvalue weighted by Gasteiger charge is -2.52. The predicted octanol–water partition coefficient (Wildman–Crippen LogP) is -2.99. The maximum Gasteiger partial charge on any atom is 0.290 e. The maximum absolute atomic E-state index is 13.2. The first-order valence-corrected chi connectivity index (χ1v) is 8.26. The molecule has 0 aromatic carbocycles. The zero-order valence-corrected chi connectivity index (χ0v) is 13.7. The molecule has 2 heterocycles. The monoisotopic (exact) mass is 366 g/mol. The average Bonchev–Trinajstić information content (AvgIpc) is 3.17. The summed E-state index contributed by atoms with van der Waals surface area (Å²) in [6.07, 6.45) is -1.09. The fourth-order valence-corrected chi connectivity index (χ4v) is 5.07. The zero-order chi connectivity index (χ0) is 19.1. The van der Waals surface area contributed by atoms with E-state index in [1.807, 2.05) is 0 Å². The average molecular weight is 366 g/mol. The maximum atomic E-state index is 13.2. The highest BCUT2D eigenvalue weighted by molar-refractivity contribution is 6.23. The van der Waals surface area contributed by atoms with Crippen LogP contribution in [-0.4, -0.2) is 74.6 Å². The SMILES string of the molecule is NCCC1(C23NCCC24OC4C(=O)C(O)(O)C3=O)CC(=O)C(O)=CC1=O. The zero-order valence-electron chi connectivity index (χ0n) is 13.7. The number of ether oxygens (including phenoxy) is 1. The van der Waals surface area contributed by atoms with Crippen molar-refractivity contribution in [1.82, 2.24) is 5.32 Å². The molecule has 2 saturated heterocycles. The standard InChI is InChI=1S/C16H18N2O8/c17-3-1-13(6-8(20)7(19)5-9(13)21)16-12(23)15(24,25)10(22)11-14(16,26-11)2-4-18-16/h5,11,18-19,24-25H,1-4,6,17H2. The minimum absolute atomic E-state index is 0.0944. The molecule has 1 saturated carbocycles. The van der Waals surface area contributed by atoms with Gasteiger partial charge in [-0.05, 0) is 25.9 Å². The van der Waals surface area contributed by atoms with Gasteiger partial charge in [-0.3, -0.25) is 19.2 Å². The van der Waals surface area contributed by atoms with Crippen molar-refractivity contribution in [2.45, 2.75) is 42.3 Å². The molecule has 3 fully saturated rings. The van der Waals surface area contributed by atoms with E-state index in [1.54, 1.807) is 0 Å². The smallest absolute Gasteiger partial charge is 0.290 e. The molecule has 4 atom stereocenters. The number of carbonyl (C=O) groups is 4. The number of ketones is 4. The van der Waals surface area contributed by atoms with Gasteiger partial charge in [0.25, 0.3) is 5.79 Å². The number of nitrogens with two attached hydrogens (primary N) is 1. The lowest BCUT2D eigenvalue weighted by atomic mass is 9.51. The third-order valence-corrected chi connectivity index (χ3v) is 6.23. The molecular formula is C16H18N2O8. The van der Waals surface area contributed by atoms with Crippen LogP contribution in [0.4, 0.5) is 0 Å². The Kier molecular flexibility index (Phi) is 3.25. The second kappa shape index (κ2) is 4.84. The van der Waals surface area contributed by atoms with Crippen LogP contribution in [0.3, 0.4) is 0 Å². The van der Waals surface area contributed by atoms with Gasteiger partial charge >= 0.3 is 0 Å². The van der Waals surface area contributed by atoms with Crippen molar-refractivity contribution in [3.63, 3.8) is 0 Å². The van der Waals surface area contributed by atoms with Gasteiger partial charge in [-0.15, -0.1) is 0 Å². The molecule has 0 aromatic rings. The molecule has 0 amide bonds. The van der Waals surface area contributed by atoms with Crippen molar-refractivity contribution < 1.29 is 39.2 Å². The third kappa shape index (κ3) is 1.60. The van der Waals surface area contributed by atoms with Crippen LogP contribution in [0.2, 0.25) is 0 Å². The van der Waals surface area contributed by atoms with E-state index < -0.39 is 63.8 Å². The summed E-state index contributed by atoms with van der Waals surface area (Å²) in [5.41, 5.74) is 0.400. The topological polar surface area (TPSA) is 180 Å². The van der Waals surface area contributed by atoms with Crippen LogP contribution in [-0.2, 0) is 23.9 Å². The van der Waals surface area contributed by atoms with E-state index in [2.05, 4.69) is 5.32 Å². The molecule has 4 unspecified atom stereocenters. The van der Waals surface area contributed by atoms with E-state index in [9.17, 15) is 34.5 Å². The molecule has 140 valence electrons. The summed E-state index contributed by atoms with van der Waals surface area (Å²) in [5.74, 6) is -8.13. The van der Waals surface area contributed by atoms with Gasteiger partial charge in [0.15, 0.2) is 23.4 Å². The van der Waals surface area contributed by atoms with E-state index in [1.165, 1.54) is 0 Å². The number of rotatable bonds is 3. The molecule has 0 radical (unpaired) electrons. The number of hydrogen-bond acceptors (Lipinski definition) is 10. The highest BCUT2D eigenvalue weighted by Crippen LogP contribution is 2.64. The van der Waals surface area contributed by atoms with Gasteiger partial charge < -0.3 is 31.1 Å². The van der Waals surface area contributed by atoms with Crippen molar-refractivity contribution >= 4 is 23.1 Å². The summed E-state index contributed by atoms with van der Waals surface area (Å²) < 4.78 is 5.51. The molecule has 4 rings (SSSR count). The van der Waals surface area contributed by atoms with Gasteiger partial charge in [-0.2, -0.15) is 0 Å². The van der Waals surface area contributed by atoms with Crippen LogP contribution in [0.15, 0.2) is 11.8 Å². The Labute approximate surface area is 147 Å². The quantitative estimate of drug-likeness (QED) is 0.196. The highest BCUT2D eigenvalue weighted by Gasteiger charge is 2.89. The summed E-state index contributed by atoms with van der Waals surface area (Å²) in [7, 11) is 0. The molecule has 2 aliphatic carbocycles. The Bertz CT molecular complexity index is 804. The van der Waals surface area contributed by atoms with Crippen LogP contribution in [0.25, 0.3) is 0 Å². The number of epoxide rings is 1. The Morgan fingerprint density at radius 3 is 2.62 bits per heavy atom. The lowest BCUT2D eigenvalue weighted by Crippen LogP contribution is -2.79. The van der Waals surface area contributed by atoms with Crippen molar-refractivity contribution in [1.29, 1.82) is 0 Å². The summed E-state index contributed by atoms with van der Waals surface area (Å²) in [6, 6.07) is 0. The summed E-state index contributed by atoms with van der Waals surface area (Å²) in [6.45, 7) is 0.0674. The molecule has 6 N–H and O–H groups in total. The van der Waals surface area contributed by atoms with Crippen LogP contribution in [0.1, 0.15) is 19.3 Å². The Morgan fingerprint density at radius 1 is 1.27 bits per heavy atom. The normalized spacial score (nSPS) is 43.8. The molecular weight excluding hydrogens is 348 g/mol. The minimum Gasteiger partial charge on any atom is -0.504 e. The Balaban J connectivity index is 1.99. The minimum atomic E-state index is -3.35. The van der Waals surface area contributed by atoms with Gasteiger partial charge in [-0.1, -0.05) is 0 Å². The number of aliphatic hydroxyl groups is 3. The van der Waals surface area contributed by atoms with Gasteiger partial charge in [0, 0.05) is 12.5 Å². The largest absolute Gasteiger partial charge is 0.504 e. The van der Waals surface area contributed by atoms with Crippen molar-refractivity contribution in [2.24, 2.45) is 11.1 Å². The van der Waals surface area contributed by atoms with Gasteiger partial charge in [0.1, 0.15) is 11.1 Å². The molecule has 26 heavy (non-hydrogen) atoms. The molecule has 10 heteroatoms. The van der Waals surface area contributed by atoms with Crippen LogP contribution >= 0.6 is 0 Å². The van der Waals surface area contributed by atoms with E-state index in [4.69, 9.17) is 10.5 Å². The van der Waals surface area contributed by atoms with Crippen molar-refractivity contribution in [3.8, 4) is 0 Å². The molecule has 2 aliphatic heterocycles. The number of carbonyl (C=O) groups excluding carboxylic acids is 4. The number of aliphatic hydroxyl groups excluding tert-OH is 1. The first-order chi connectivity index (χ1) is 12.1.